The van der Waals surface area contributed by atoms with Crippen LogP contribution in [0.5, 0.6) is 0 Å². The van der Waals surface area contributed by atoms with Gasteiger partial charge in [-0.25, -0.2) is 0 Å². The van der Waals surface area contributed by atoms with Crippen LogP contribution in [0, 0.1) is 11.8 Å². The van der Waals surface area contributed by atoms with Crippen molar-refractivity contribution in [3.63, 3.8) is 0 Å². The van der Waals surface area contributed by atoms with Gasteiger partial charge in [0, 0.05) is 18.5 Å². The lowest BCUT2D eigenvalue weighted by Gasteiger charge is -2.25. The molecule has 3 nitrogen and oxygen atoms in total. The van der Waals surface area contributed by atoms with E-state index in [2.05, 4.69) is 5.32 Å². The van der Waals surface area contributed by atoms with Gasteiger partial charge in [0.25, 0.3) is 0 Å². The van der Waals surface area contributed by atoms with E-state index in [9.17, 15) is 4.79 Å². The minimum absolute atomic E-state index is 0.192. The molecule has 3 heteroatoms. The van der Waals surface area contributed by atoms with E-state index >= 15 is 0 Å². The van der Waals surface area contributed by atoms with E-state index in [0.717, 1.165) is 38.1 Å². The zero-order valence-corrected chi connectivity index (χ0v) is 8.67. The third-order valence-electron chi connectivity index (χ3n) is 3.35. The lowest BCUT2D eigenvalue weighted by molar-refractivity contribution is -0.126. The number of hydrogen-bond acceptors (Lipinski definition) is 2. The number of nitrogens with two attached hydrogens (primary N) is 1. The van der Waals surface area contributed by atoms with Crippen molar-refractivity contribution < 1.29 is 4.79 Å². The minimum atomic E-state index is 0.192. The Hall–Kier alpha value is -0.570. The highest BCUT2D eigenvalue weighted by molar-refractivity contribution is 5.78. The minimum Gasteiger partial charge on any atom is -0.356 e. The fraction of sp³-hybridized carbons (Fsp3) is 0.909. The molecule has 3 N–H and O–H groups in total. The van der Waals surface area contributed by atoms with E-state index in [1.165, 1.54) is 12.8 Å². The molecule has 0 bridgehead atoms. The molecule has 2 aliphatic rings. The van der Waals surface area contributed by atoms with Crippen molar-refractivity contribution in [2.75, 3.05) is 6.54 Å². The summed E-state index contributed by atoms with van der Waals surface area (Å²) in [6.45, 7) is 0.893. The lowest BCUT2D eigenvalue weighted by atomic mass is 9.85. The molecule has 0 unspecified atom stereocenters. The molecule has 0 radical (unpaired) electrons. The average molecular weight is 196 g/mol. The summed E-state index contributed by atoms with van der Waals surface area (Å²) in [6, 6.07) is 0.250. The Morgan fingerprint density at radius 2 is 2.07 bits per heavy atom. The van der Waals surface area contributed by atoms with Crippen LogP contribution in [-0.4, -0.2) is 18.5 Å². The normalized spacial score (nSPS) is 32.6. The fourth-order valence-electron chi connectivity index (χ4n) is 2.18. The van der Waals surface area contributed by atoms with Crippen molar-refractivity contribution in [1.29, 1.82) is 0 Å². The molecular formula is C11H20N2O. The number of rotatable bonds is 3. The summed E-state index contributed by atoms with van der Waals surface area (Å²) >= 11 is 0. The molecular weight excluding hydrogens is 176 g/mol. The maximum Gasteiger partial charge on any atom is 0.223 e. The van der Waals surface area contributed by atoms with E-state index in [1.807, 2.05) is 0 Å². The Bertz CT molecular complexity index is 213. The Labute approximate surface area is 85.4 Å². The Balaban J connectivity index is 1.71. The number of hydrogen-bond donors (Lipinski definition) is 2. The van der Waals surface area contributed by atoms with Crippen molar-refractivity contribution in [2.45, 2.75) is 44.6 Å². The second-order valence-corrected chi connectivity index (χ2v) is 4.81. The van der Waals surface area contributed by atoms with Gasteiger partial charge in [-0.2, -0.15) is 0 Å². The Morgan fingerprint density at radius 3 is 2.71 bits per heavy atom. The summed E-state index contributed by atoms with van der Waals surface area (Å²) in [5.74, 6) is 1.21. The van der Waals surface area contributed by atoms with Gasteiger partial charge in [-0.05, 0) is 38.0 Å². The predicted octanol–water partition coefficient (Wildman–Crippen LogP) is 1.03. The zero-order chi connectivity index (χ0) is 9.97. The monoisotopic (exact) mass is 196 g/mol. The van der Waals surface area contributed by atoms with Crippen molar-refractivity contribution >= 4 is 5.91 Å². The van der Waals surface area contributed by atoms with Gasteiger partial charge in [-0.3, -0.25) is 4.79 Å². The summed E-state index contributed by atoms with van der Waals surface area (Å²) < 4.78 is 0. The van der Waals surface area contributed by atoms with Gasteiger partial charge in [0.2, 0.25) is 5.91 Å². The highest BCUT2D eigenvalue weighted by Gasteiger charge is 2.27. The van der Waals surface area contributed by atoms with Gasteiger partial charge in [0.05, 0.1) is 0 Å². The van der Waals surface area contributed by atoms with Crippen molar-refractivity contribution in [3.05, 3.63) is 0 Å². The summed E-state index contributed by atoms with van der Waals surface area (Å²) in [6.07, 6.45) is 6.71. The lowest BCUT2D eigenvalue weighted by Crippen LogP contribution is -2.38. The molecule has 1 amide bonds. The predicted molar refractivity (Wildman–Crippen MR) is 55.7 cm³/mol. The molecule has 0 heterocycles. The molecule has 80 valence electrons. The highest BCUT2D eigenvalue weighted by atomic mass is 16.1. The zero-order valence-electron chi connectivity index (χ0n) is 8.67. The summed E-state index contributed by atoms with van der Waals surface area (Å²) in [5, 5.41) is 3.04. The van der Waals surface area contributed by atoms with E-state index in [4.69, 9.17) is 5.73 Å². The molecule has 0 saturated heterocycles. The molecule has 2 aliphatic carbocycles. The van der Waals surface area contributed by atoms with Crippen molar-refractivity contribution in [3.8, 4) is 0 Å². The van der Waals surface area contributed by atoms with Gasteiger partial charge in [0.1, 0.15) is 0 Å². The molecule has 0 aromatic carbocycles. The van der Waals surface area contributed by atoms with E-state index in [1.54, 1.807) is 0 Å². The van der Waals surface area contributed by atoms with Gasteiger partial charge < -0.3 is 11.1 Å². The first kappa shape index (κ1) is 9.97. The van der Waals surface area contributed by atoms with Crippen LogP contribution in [0.4, 0.5) is 0 Å². The van der Waals surface area contributed by atoms with E-state index < -0.39 is 0 Å². The van der Waals surface area contributed by atoms with Crippen LogP contribution < -0.4 is 11.1 Å². The third-order valence-corrected chi connectivity index (χ3v) is 3.35. The largest absolute Gasteiger partial charge is 0.356 e. The number of nitrogens with one attached hydrogen (secondary N) is 1. The summed E-state index contributed by atoms with van der Waals surface area (Å²) in [7, 11) is 0. The first-order valence-corrected chi connectivity index (χ1v) is 5.79. The van der Waals surface area contributed by atoms with E-state index in [-0.39, 0.29) is 17.9 Å². The van der Waals surface area contributed by atoms with Crippen molar-refractivity contribution in [1.82, 2.24) is 5.32 Å². The maximum absolute atomic E-state index is 11.7. The Morgan fingerprint density at radius 1 is 1.29 bits per heavy atom. The average Bonchev–Trinajstić information content (AvgIpc) is 2.97. The first-order valence-electron chi connectivity index (χ1n) is 5.79. The van der Waals surface area contributed by atoms with Gasteiger partial charge in [-0.1, -0.05) is 6.42 Å². The standard InChI is InChI=1S/C11H20N2O/c12-10-3-1-2-9(6-10)11(14)13-7-8-4-5-8/h8-10H,1-7,12H2,(H,13,14)/t9-,10-/m0/s1. The Kier molecular flexibility index (Phi) is 3.06. The van der Waals surface area contributed by atoms with Crippen LogP contribution in [0.2, 0.25) is 0 Å². The second kappa shape index (κ2) is 4.30. The summed E-state index contributed by atoms with van der Waals surface area (Å²) in [5.41, 5.74) is 5.85. The topological polar surface area (TPSA) is 55.1 Å². The second-order valence-electron chi connectivity index (χ2n) is 4.81. The van der Waals surface area contributed by atoms with Gasteiger partial charge in [-0.15, -0.1) is 0 Å². The molecule has 2 fully saturated rings. The molecule has 0 aliphatic heterocycles. The first-order chi connectivity index (χ1) is 6.75. The highest BCUT2D eigenvalue weighted by Crippen LogP contribution is 2.28. The fourth-order valence-corrected chi connectivity index (χ4v) is 2.18. The summed E-state index contributed by atoms with van der Waals surface area (Å²) in [4.78, 5) is 11.7. The van der Waals surface area contributed by atoms with Gasteiger partial charge >= 0.3 is 0 Å². The number of carbonyl (C=O) groups excluding carboxylic acids is 1. The molecule has 2 atom stereocenters. The van der Waals surface area contributed by atoms with Crippen LogP contribution in [0.3, 0.4) is 0 Å². The van der Waals surface area contributed by atoms with Crippen molar-refractivity contribution in [2.24, 2.45) is 17.6 Å². The quantitative estimate of drug-likeness (QED) is 0.708. The SMILES string of the molecule is N[C@H]1CCC[C@H](C(=O)NCC2CC2)C1. The molecule has 0 aromatic heterocycles. The molecule has 0 spiro atoms. The van der Waals surface area contributed by atoms with Crippen LogP contribution >= 0.6 is 0 Å². The van der Waals surface area contributed by atoms with Gasteiger partial charge in [0.15, 0.2) is 0 Å². The van der Waals surface area contributed by atoms with E-state index in [0.29, 0.717) is 0 Å². The smallest absolute Gasteiger partial charge is 0.223 e. The van der Waals surface area contributed by atoms with Crippen LogP contribution in [0.25, 0.3) is 0 Å². The maximum atomic E-state index is 11.7. The van der Waals surface area contributed by atoms with Crippen LogP contribution in [-0.2, 0) is 4.79 Å². The molecule has 0 aromatic rings. The molecule has 14 heavy (non-hydrogen) atoms. The molecule has 2 rings (SSSR count). The third kappa shape index (κ3) is 2.71. The molecule has 2 saturated carbocycles. The number of carbonyl (C=O) groups is 1. The van der Waals surface area contributed by atoms with Crippen LogP contribution in [0.15, 0.2) is 0 Å². The number of amides is 1. The van der Waals surface area contributed by atoms with Crippen LogP contribution in [0.1, 0.15) is 38.5 Å².